The highest BCUT2D eigenvalue weighted by atomic mass is 79.9. The van der Waals surface area contributed by atoms with Crippen LogP contribution in [0, 0.1) is 0 Å². The number of nitrogens with two attached hydrogens (primary N) is 1. The molecule has 0 saturated heterocycles. The summed E-state index contributed by atoms with van der Waals surface area (Å²) in [6, 6.07) is 6.20. The van der Waals surface area contributed by atoms with E-state index in [0.29, 0.717) is 0 Å². The Kier molecular flexibility index (Phi) is 2.61. The second-order valence-electron chi connectivity index (χ2n) is 3.56. The van der Waals surface area contributed by atoms with Crippen molar-refractivity contribution < 1.29 is 4.42 Å². The Balaban J connectivity index is 2.52. The predicted molar refractivity (Wildman–Crippen MR) is 61.3 cm³/mol. The Morgan fingerprint density at radius 2 is 2.29 bits per heavy atom. The fraction of sp³-hybridized carbons (Fsp3) is 0.273. The molecule has 0 radical (unpaired) electrons. The lowest BCUT2D eigenvalue weighted by atomic mass is 10.1. The van der Waals surface area contributed by atoms with Crippen LogP contribution in [0.1, 0.15) is 12.5 Å². The van der Waals surface area contributed by atoms with E-state index >= 15 is 0 Å². The molecule has 0 amide bonds. The zero-order valence-corrected chi connectivity index (χ0v) is 9.54. The van der Waals surface area contributed by atoms with Crippen LogP contribution in [-0.4, -0.2) is 6.04 Å². The topological polar surface area (TPSA) is 39.2 Å². The first-order valence-electron chi connectivity index (χ1n) is 4.58. The van der Waals surface area contributed by atoms with E-state index in [-0.39, 0.29) is 6.04 Å². The number of furan rings is 1. The smallest absolute Gasteiger partial charge is 0.148 e. The molecule has 2 aromatic rings. The molecule has 0 spiro atoms. The highest BCUT2D eigenvalue weighted by Crippen LogP contribution is 2.28. The van der Waals surface area contributed by atoms with E-state index in [1.54, 1.807) is 6.26 Å². The normalized spacial score (nSPS) is 13.4. The number of hydrogen-bond donors (Lipinski definition) is 1. The molecular weight excluding hydrogens is 242 g/mol. The van der Waals surface area contributed by atoms with Gasteiger partial charge in [-0.1, -0.05) is 12.1 Å². The first-order valence-corrected chi connectivity index (χ1v) is 5.38. The first kappa shape index (κ1) is 9.74. The van der Waals surface area contributed by atoms with Crippen LogP contribution in [0.2, 0.25) is 0 Å². The fourth-order valence-corrected chi connectivity index (χ4v) is 2.04. The van der Waals surface area contributed by atoms with Crippen LogP contribution in [0.4, 0.5) is 0 Å². The van der Waals surface area contributed by atoms with E-state index in [4.69, 9.17) is 10.2 Å². The molecule has 0 aliphatic heterocycles. The van der Waals surface area contributed by atoms with Crippen LogP contribution < -0.4 is 5.73 Å². The molecule has 3 heteroatoms. The largest absolute Gasteiger partial charge is 0.463 e. The Labute approximate surface area is 91.2 Å². The van der Waals surface area contributed by atoms with Crippen molar-refractivity contribution in [2.75, 3.05) is 0 Å². The zero-order valence-electron chi connectivity index (χ0n) is 7.96. The van der Waals surface area contributed by atoms with E-state index in [0.717, 1.165) is 21.9 Å². The maximum atomic E-state index is 5.76. The highest BCUT2D eigenvalue weighted by molar-refractivity contribution is 9.10. The number of benzene rings is 1. The third-order valence-electron chi connectivity index (χ3n) is 2.17. The van der Waals surface area contributed by atoms with Gasteiger partial charge in [0.25, 0.3) is 0 Å². The van der Waals surface area contributed by atoms with Gasteiger partial charge in [-0.15, -0.1) is 0 Å². The molecule has 0 saturated carbocycles. The predicted octanol–water partition coefficient (Wildman–Crippen LogP) is 3.09. The molecule has 14 heavy (non-hydrogen) atoms. The van der Waals surface area contributed by atoms with E-state index in [1.165, 1.54) is 5.56 Å². The molecule has 1 heterocycles. The van der Waals surface area contributed by atoms with Crippen molar-refractivity contribution in [1.82, 2.24) is 0 Å². The van der Waals surface area contributed by atoms with Gasteiger partial charge in [0.15, 0.2) is 0 Å². The van der Waals surface area contributed by atoms with Gasteiger partial charge >= 0.3 is 0 Å². The molecule has 74 valence electrons. The summed E-state index contributed by atoms with van der Waals surface area (Å²) in [4.78, 5) is 0. The molecule has 0 aliphatic rings. The van der Waals surface area contributed by atoms with E-state index < -0.39 is 0 Å². The first-order chi connectivity index (χ1) is 6.68. The molecule has 1 unspecified atom stereocenters. The van der Waals surface area contributed by atoms with Gasteiger partial charge in [-0.3, -0.25) is 0 Å². The molecule has 0 aliphatic carbocycles. The highest BCUT2D eigenvalue weighted by Gasteiger charge is 2.09. The SMILES string of the molecule is CC(N)Cc1coc2c(Br)cccc12. The maximum Gasteiger partial charge on any atom is 0.148 e. The minimum absolute atomic E-state index is 0.162. The number of rotatable bonds is 2. The lowest BCUT2D eigenvalue weighted by Gasteiger charge is -2.01. The van der Waals surface area contributed by atoms with Crippen molar-refractivity contribution in [3.63, 3.8) is 0 Å². The Bertz CT molecular complexity index is 447. The molecule has 2 N–H and O–H groups in total. The average molecular weight is 254 g/mol. The van der Waals surface area contributed by atoms with Gasteiger partial charge in [0.05, 0.1) is 10.7 Å². The molecular formula is C11H12BrNO. The third kappa shape index (κ3) is 1.70. The maximum absolute atomic E-state index is 5.76. The molecule has 1 atom stereocenters. The Hall–Kier alpha value is -0.800. The summed E-state index contributed by atoms with van der Waals surface area (Å²) in [5.74, 6) is 0. The van der Waals surface area contributed by atoms with Gasteiger partial charge in [-0.05, 0) is 40.9 Å². The van der Waals surface area contributed by atoms with Crippen molar-refractivity contribution in [3.8, 4) is 0 Å². The van der Waals surface area contributed by atoms with Gasteiger partial charge in [0.1, 0.15) is 5.58 Å². The van der Waals surface area contributed by atoms with Crippen LogP contribution in [0.3, 0.4) is 0 Å². The van der Waals surface area contributed by atoms with Gasteiger partial charge < -0.3 is 10.2 Å². The van der Waals surface area contributed by atoms with Crippen molar-refractivity contribution in [2.45, 2.75) is 19.4 Å². The van der Waals surface area contributed by atoms with Gasteiger partial charge in [-0.2, -0.15) is 0 Å². The van der Waals surface area contributed by atoms with E-state index in [1.807, 2.05) is 19.1 Å². The lowest BCUT2D eigenvalue weighted by Crippen LogP contribution is -2.17. The molecule has 1 aromatic carbocycles. The molecule has 2 rings (SSSR count). The number of fused-ring (bicyclic) bond motifs is 1. The molecule has 0 fully saturated rings. The van der Waals surface area contributed by atoms with Crippen LogP contribution in [0.15, 0.2) is 33.4 Å². The van der Waals surface area contributed by atoms with Gasteiger partial charge in [-0.25, -0.2) is 0 Å². The number of halogens is 1. The molecule has 0 bridgehead atoms. The van der Waals surface area contributed by atoms with Crippen LogP contribution >= 0.6 is 15.9 Å². The fourth-order valence-electron chi connectivity index (χ4n) is 1.58. The van der Waals surface area contributed by atoms with Gasteiger partial charge in [0, 0.05) is 11.4 Å². The summed E-state index contributed by atoms with van der Waals surface area (Å²) in [7, 11) is 0. The van der Waals surface area contributed by atoms with Gasteiger partial charge in [0.2, 0.25) is 0 Å². The van der Waals surface area contributed by atoms with Crippen LogP contribution in [-0.2, 0) is 6.42 Å². The number of hydrogen-bond acceptors (Lipinski definition) is 2. The summed E-state index contributed by atoms with van der Waals surface area (Å²) in [6.45, 7) is 2.00. The molecule has 1 aromatic heterocycles. The summed E-state index contributed by atoms with van der Waals surface area (Å²) in [6.07, 6.45) is 2.64. The van der Waals surface area contributed by atoms with Crippen molar-refractivity contribution in [2.24, 2.45) is 5.73 Å². The average Bonchev–Trinajstić information content (AvgIpc) is 2.49. The molecule has 2 nitrogen and oxygen atoms in total. The Morgan fingerprint density at radius 3 is 3.00 bits per heavy atom. The monoisotopic (exact) mass is 253 g/mol. The summed E-state index contributed by atoms with van der Waals surface area (Å²) in [5.41, 5.74) is 7.84. The second kappa shape index (κ2) is 3.75. The zero-order chi connectivity index (χ0) is 10.1. The summed E-state index contributed by atoms with van der Waals surface area (Å²) < 4.78 is 6.47. The second-order valence-corrected chi connectivity index (χ2v) is 4.41. The Morgan fingerprint density at radius 1 is 1.50 bits per heavy atom. The summed E-state index contributed by atoms with van der Waals surface area (Å²) in [5, 5.41) is 1.15. The van der Waals surface area contributed by atoms with E-state index in [9.17, 15) is 0 Å². The van der Waals surface area contributed by atoms with Crippen LogP contribution in [0.5, 0.6) is 0 Å². The lowest BCUT2D eigenvalue weighted by molar-refractivity contribution is 0.604. The summed E-state index contributed by atoms with van der Waals surface area (Å²) >= 11 is 3.45. The quantitative estimate of drug-likeness (QED) is 0.894. The van der Waals surface area contributed by atoms with Crippen molar-refractivity contribution in [1.29, 1.82) is 0 Å². The van der Waals surface area contributed by atoms with E-state index in [2.05, 4.69) is 22.0 Å². The minimum Gasteiger partial charge on any atom is -0.463 e. The van der Waals surface area contributed by atoms with Crippen molar-refractivity contribution >= 4 is 26.9 Å². The number of para-hydroxylation sites is 1. The van der Waals surface area contributed by atoms with Crippen LogP contribution in [0.25, 0.3) is 11.0 Å². The third-order valence-corrected chi connectivity index (χ3v) is 2.80. The van der Waals surface area contributed by atoms with Crippen molar-refractivity contribution in [3.05, 3.63) is 34.5 Å². The standard InChI is InChI=1S/C11H12BrNO/c1-7(13)5-8-6-14-11-9(8)3-2-4-10(11)12/h2-4,6-7H,5,13H2,1H3. The minimum atomic E-state index is 0.162.